The summed E-state index contributed by atoms with van der Waals surface area (Å²) in [6.07, 6.45) is 13.5. The highest BCUT2D eigenvalue weighted by molar-refractivity contribution is 7.89. The van der Waals surface area contributed by atoms with Crippen molar-refractivity contribution in [3.8, 4) is 0 Å². The fourth-order valence-electron chi connectivity index (χ4n) is 5.53. The first-order valence-corrected chi connectivity index (χ1v) is 14.1. The molecule has 0 unspecified atom stereocenters. The van der Waals surface area contributed by atoms with E-state index in [0.29, 0.717) is 42.7 Å². The number of likely N-dealkylation sites (tertiary alicyclic amines) is 1. The van der Waals surface area contributed by atoms with E-state index in [1.807, 2.05) is 29.6 Å². The van der Waals surface area contributed by atoms with E-state index in [4.69, 9.17) is 0 Å². The van der Waals surface area contributed by atoms with Crippen LogP contribution in [0.5, 0.6) is 0 Å². The fourth-order valence-corrected chi connectivity index (χ4v) is 7.28. The Labute approximate surface area is 202 Å². The van der Waals surface area contributed by atoms with Crippen molar-refractivity contribution in [1.29, 1.82) is 0 Å². The highest BCUT2D eigenvalue weighted by Crippen LogP contribution is 2.33. The van der Waals surface area contributed by atoms with E-state index in [9.17, 15) is 13.2 Å². The quantitative estimate of drug-likeness (QED) is 0.648. The number of hydrogen-bond acceptors (Lipinski definition) is 5. The van der Waals surface area contributed by atoms with Crippen LogP contribution in [0.1, 0.15) is 67.8 Å². The van der Waals surface area contributed by atoms with E-state index in [1.165, 1.54) is 6.42 Å². The molecular formula is C25H35N5O3S. The van der Waals surface area contributed by atoms with Crippen LogP contribution in [0.2, 0.25) is 0 Å². The maximum atomic E-state index is 13.7. The predicted octanol–water partition coefficient (Wildman–Crippen LogP) is 3.53. The smallest absolute Gasteiger partial charge is 0.253 e. The summed E-state index contributed by atoms with van der Waals surface area (Å²) in [5.41, 5.74) is 1.22. The van der Waals surface area contributed by atoms with Crippen LogP contribution in [-0.4, -0.2) is 72.3 Å². The Morgan fingerprint density at radius 2 is 1.56 bits per heavy atom. The molecule has 5 rings (SSSR count). The van der Waals surface area contributed by atoms with E-state index in [1.54, 1.807) is 16.6 Å². The van der Waals surface area contributed by atoms with Gasteiger partial charge in [-0.25, -0.2) is 13.4 Å². The van der Waals surface area contributed by atoms with Crippen LogP contribution in [0, 0.1) is 0 Å². The normalized spacial score (nSPS) is 21.1. The molecule has 1 aromatic heterocycles. The molecule has 3 aliphatic rings. The molecule has 8 nitrogen and oxygen atoms in total. The maximum Gasteiger partial charge on any atom is 0.253 e. The molecule has 0 saturated carbocycles. The Balaban J connectivity index is 1.40. The number of anilines is 1. The third kappa shape index (κ3) is 4.73. The molecule has 2 aromatic rings. The molecule has 0 radical (unpaired) electrons. The molecule has 3 aliphatic heterocycles. The van der Waals surface area contributed by atoms with Gasteiger partial charge in [0.15, 0.2) is 0 Å². The van der Waals surface area contributed by atoms with E-state index in [2.05, 4.69) is 14.5 Å². The van der Waals surface area contributed by atoms with Crippen molar-refractivity contribution in [3.63, 3.8) is 0 Å². The van der Waals surface area contributed by atoms with Crippen LogP contribution in [-0.2, 0) is 10.0 Å². The number of piperidine rings is 3. The zero-order valence-corrected chi connectivity index (χ0v) is 20.6. The van der Waals surface area contributed by atoms with Crippen LogP contribution >= 0.6 is 0 Å². The first-order chi connectivity index (χ1) is 16.5. The second-order valence-electron chi connectivity index (χ2n) is 9.73. The van der Waals surface area contributed by atoms with E-state index >= 15 is 0 Å². The summed E-state index contributed by atoms with van der Waals surface area (Å²) in [4.78, 5) is 21.9. The van der Waals surface area contributed by atoms with E-state index < -0.39 is 10.0 Å². The van der Waals surface area contributed by atoms with Crippen molar-refractivity contribution < 1.29 is 13.2 Å². The number of imidazole rings is 1. The summed E-state index contributed by atoms with van der Waals surface area (Å²) in [5, 5.41) is 0. The lowest BCUT2D eigenvalue weighted by atomic mass is 10.0. The SMILES string of the molecule is O=C(c1ccc(N2CCCCC2)c(S(=O)(=O)N2CCCCC2)c1)N1CCC(n2ccnc2)CC1. The average molecular weight is 486 g/mol. The molecule has 9 heteroatoms. The van der Waals surface area contributed by atoms with Gasteiger partial charge in [0.05, 0.1) is 12.0 Å². The summed E-state index contributed by atoms with van der Waals surface area (Å²) in [5.74, 6) is -0.0793. The van der Waals surface area contributed by atoms with Gasteiger partial charge in [-0.3, -0.25) is 4.79 Å². The topological polar surface area (TPSA) is 78.8 Å². The van der Waals surface area contributed by atoms with Gasteiger partial charge in [-0.2, -0.15) is 4.31 Å². The van der Waals surface area contributed by atoms with Crippen molar-refractivity contribution in [2.75, 3.05) is 44.2 Å². The standard InChI is InChI=1S/C25H35N5O3S/c31-25(28-16-9-22(10-17-28)29-18-11-26-20-29)21-7-8-23(27-12-3-1-4-13-27)24(19-21)34(32,33)30-14-5-2-6-15-30/h7-8,11,18-20,22H,1-6,9-10,12-17H2. The third-order valence-corrected chi connectivity index (χ3v) is 9.46. The van der Waals surface area contributed by atoms with Crippen LogP contribution in [0.4, 0.5) is 5.69 Å². The molecule has 3 fully saturated rings. The molecule has 0 bridgehead atoms. The Morgan fingerprint density at radius 1 is 0.882 bits per heavy atom. The Kier molecular flexibility index (Phi) is 6.92. The van der Waals surface area contributed by atoms with Gasteiger partial charge in [0, 0.05) is 63.3 Å². The van der Waals surface area contributed by atoms with E-state index in [-0.39, 0.29) is 5.91 Å². The summed E-state index contributed by atoms with van der Waals surface area (Å²) < 4.78 is 31.2. The van der Waals surface area contributed by atoms with Gasteiger partial charge in [-0.05, 0) is 63.1 Å². The molecule has 0 N–H and O–H groups in total. The number of carbonyl (C=O) groups excluding carboxylic acids is 1. The van der Waals surface area contributed by atoms with Crippen LogP contribution in [0.3, 0.4) is 0 Å². The monoisotopic (exact) mass is 485 g/mol. The molecule has 3 saturated heterocycles. The fraction of sp³-hybridized carbons (Fsp3) is 0.600. The lowest BCUT2D eigenvalue weighted by Gasteiger charge is -2.34. The molecule has 0 aliphatic carbocycles. The summed E-state index contributed by atoms with van der Waals surface area (Å²) in [6, 6.07) is 5.69. The van der Waals surface area contributed by atoms with Gasteiger partial charge in [-0.15, -0.1) is 0 Å². The molecule has 0 atom stereocenters. The maximum absolute atomic E-state index is 13.7. The van der Waals surface area contributed by atoms with Crippen LogP contribution in [0.15, 0.2) is 41.8 Å². The number of hydrogen-bond donors (Lipinski definition) is 0. The van der Waals surface area contributed by atoms with Crippen molar-refractivity contribution in [1.82, 2.24) is 18.8 Å². The number of amides is 1. The second-order valence-corrected chi connectivity index (χ2v) is 11.6. The molecule has 1 aromatic carbocycles. The van der Waals surface area contributed by atoms with Crippen LogP contribution < -0.4 is 4.90 Å². The molecule has 0 spiro atoms. The molecule has 1 amide bonds. The minimum absolute atomic E-state index is 0.0793. The summed E-state index contributed by atoms with van der Waals surface area (Å²) >= 11 is 0. The number of aromatic nitrogens is 2. The Bertz CT molecular complexity index is 1080. The average Bonchev–Trinajstić information content (AvgIpc) is 3.44. The van der Waals surface area contributed by atoms with Gasteiger partial charge in [0.25, 0.3) is 5.91 Å². The number of carbonyl (C=O) groups is 1. The minimum atomic E-state index is -3.66. The van der Waals surface area contributed by atoms with Gasteiger partial charge in [0.2, 0.25) is 10.0 Å². The van der Waals surface area contributed by atoms with Crippen LogP contribution in [0.25, 0.3) is 0 Å². The van der Waals surface area contributed by atoms with Crippen molar-refractivity contribution in [2.45, 2.75) is 62.3 Å². The Hall–Kier alpha value is -2.39. The van der Waals surface area contributed by atoms with Crippen molar-refractivity contribution >= 4 is 21.6 Å². The van der Waals surface area contributed by atoms with Gasteiger partial charge < -0.3 is 14.4 Å². The van der Waals surface area contributed by atoms with Gasteiger partial charge in [-0.1, -0.05) is 6.42 Å². The van der Waals surface area contributed by atoms with Crippen molar-refractivity contribution in [2.24, 2.45) is 0 Å². The summed E-state index contributed by atoms with van der Waals surface area (Å²) in [6.45, 7) is 4.14. The van der Waals surface area contributed by atoms with E-state index in [0.717, 1.165) is 63.7 Å². The second kappa shape index (κ2) is 10.1. The zero-order valence-electron chi connectivity index (χ0n) is 19.8. The molecule has 4 heterocycles. The highest BCUT2D eigenvalue weighted by Gasteiger charge is 2.32. The zero-order chi connectivity index (χ0) is 23.5. The third-order valence-electron chi connectivity index (χ3n) is 7.53. The number of nitrogens with zero attached hydrogens (tertiary/aromatic N) is 5. The van der Waals surface area contributed by atoms with Gasteiger partial charge >= 0.3 is 0 Å². The summed E-state index contributed by atoms with van der Waals surface area (Å²) in [7, 11) is -3.66. The molecular weight excluding hydrogens is 450 g/mol. The molecule has 34 heavy (non-hydrogen) atoms. The first-order valence-electron chi connectivity index (χ1n) is 12.7. The number of rotatable bonds is 5. The number of benzene rings is 1. The number of sulfonamides is 1. The highest BCUT2D eigenvalue weighted by atomic mass is 32.2. The van der Waals surface area contributed by atoms with Gasteiger partial charge in [0.1, 0.15) is 4.90 Å². The minimum Gasteiger partial charge on any atom is -0.370 e. The predicted molar refractivity (Wildman–Crippen MR) is 132 cm³/mol. The van der Waals surface area contributed by atoms with Crippen molar-refractivity contribution in [3.05, 3.63) is 42.5 Å². The molecule has 184 valence electrons. The lowest BCUT2D eigenvalue weighted by Crippen LogP contribution is -2.40. The lowest BCUT2D eigenvalue weighted by molar-refractivity contribution is 0.0694. The Morgan fingerprint density at radius 3 is 2.21 bits per heavy atom. The first kappa shape index (κ1) is 23.4. The largest absolute Gasteiger partial charge is 0.370 e.